The Labute approximate surface area is 117 Å². The van der Waals surface area contributed by atoms with Crippen LogP contribution in [0.3, 0.4) is 0 Å². The fraction of sp³-hybridized carbons (Fsp3) is 0.429. The van der Waals surface area contributed by atoms with Gasteiger partial charge in [-0.3, -0.25) is 4.79 Å². The maximum absolute atomic E-state index is 13.4. The number of carbonyl (C=O) groups is 1. The van der Waals surface area contributed by atoms with E-state index >= 15 is 0 Å². The van der Waals surface area contributed by atoms with Crippen LogP contribution in [0.15, 0.2) is 29.4 Å². The third kappa shape index (κ3) is 4.22. The van der Waals surface area contributed by atoms with Crippen molar-refractivity contribution in [3.63, 3.8) is 0 Å². The monoisotopic (exact) mass is 281 g/mol. The fourth-order valence-electron chi connectivity index (χ4n) is 1.97. The van der Waals surface area contributed by atoms with Crippen LogP contribution in [0.1, 0.15) is 19.4 Å². The minimum Gasteiger partial charge on any atom is -0.409 e. The number of hydrogen-bond acceptors (Lipinski definition) is 3. The van der Waals surface area contributed by atoms with Crippen molar-refractivity contribution >= 4 is 11.7 Å². The number of rotatable bonds is 6. The molecule has 6 heteroatoms. The van der Waals surface area contributed by atoms with Crippen LogP contribution in [0.5, 0.6) is 0 Å². The van der Waals surface area contributed by atoms with Crippen molar-refractivity contribution in [2.45, 2.75) is 20.3 Å². The number of halogens is 1. The highest BCUT2D eigenvalue weighted by Gasteiger charge is 2.26. The first-order chi connectivity index (χ1) is 9.47. The molecular formula is C14H20FN3O2. The number of nitrogens with zero attached hydrogens (tertiary/aromatic N) is 1. The molecule has 1 aromatic carbocycles. The number of nitrogens with two attached hydrogens (primary N) is 1. The van der Waals surface area contributed by atoms with E-state index < -0.39 is 5.92 Å². The first-order valence-electron chi connectivity index (χ1n) is 6.46. The van der Waals surface area contributed by atoms with Gasteiger partial charge in [0, 0.05) is 6.54 Å². The van der Waals surface area contributed by atoms with E-state index in [1.165, 1.54) is 6.07 Å². The molecule has 4 N–H and O–H groups in total. The van der Waals surface area contributed by atoms with Crippen LogP contribution >= 0.6 is 0 Å². The summed E-state index contributed by atoms with van der Waals surface area (Å²) >= 11 is 0. The van der Waals surface area contributed by atoms with Crippen LogP contribution in [0.25, 0.3) is 0 Å². The van der Waals surface area contributed by atoms with Crippen molar-refractivity contribution in [2.75, 3.05) is 6.54 Å². The second-order valence-corrected chi connectivity index (χ2v) is 4.88. The molecule has 0 aliphatic rings. The molecule has 110 valence electrons. The van der Waals surface area contributed by atoms with Gasteiger partial charge in [-0.2, -0.15) is 0 Å². The zero-order chi connectivity index (χ0) is 15.1. The fourth-order valence-corrected chi connectivity index (χ4v) is 1.97. The minimum absolute atomic E-state index is 0.0978. The van der Waals surface area contributed by atoms with Gasteiger partial charge in [-0.25, -0.2) is 4.39 Å². The van der Waals surface area contributed by atoms with E-state index in [0.29, 0.717) is 18.5 Å². The van der Waals surface area contributed by atoms with Gasteiger partial charge in [0.05, 0.1) is 0 Å². The van der Waals surface area contributed by atoms with Gasteiger partial charge in [-0.1, -0.05) is 37.2 Å². The highest BCUT2D eigenvalue weighted by Crippen LogP contribution is 2.11. The van der Waals surface area contributed by atoms with Crippen molar-refractivity contribution in [3.8, 4) is 0 Å². The highest BCUT2D eigenvalue weighted by atomic mass is 19.1. The van der Waals surface area contributed by atoms with E-state index in [1.54, 1.807) is 32.0 Å². The topological polar surface area (TPSA) is 87.7 Å². The molecule has 0 aliphatic carbocycles. The Hall–Kier alpha value is -2.11. The average molecular weight is 281 g/mol. The Morgan fingerprint density at radius 1 is 1.45 bits per heavy atom. The van der Waals surface area contributed by atoms with Crippen molar-refractivity contribution < 1.29 is 14.4 Å². The van der Waals surface area contributed by atoms with Crippen LogP contribution in [0.4, 0.5) is 4.39 Å². The highest BCUT2D eigenvalue weighted by molar-refractivity contribution is 6.02. The molecule has 0 saturated heterocycles. The van der Waals surface area contributed by atoms with Gasteiger partial charge in [0.25, 0.3) is 0 Å². The molecule has 1 aromatic rings. The quantitative estimate of drug-likeness (QED) is 0.319. The molecule has 0 saturated carbocycles. The number of amides is 1. The van der Waals surface area contributed by atoms with Crippen LogP contribution in [-0.2, 0) is 11.2 Å². The second-order valence-electron chi connectivity index (χ2n) is 4.88. The summed E-state index contributed by atoms with van der Waals surface area (Å²) in [5.41, 5.74) is 6.04. The van der Waals surface area contributed by atoms with E-state index in [4.69, 9.17) is 10.9 Å². The summed E-state index contributed by atoms with van der Waals surface area (Å²) in [6.45, 7) is 3.90. The van der Waals surface area contributed by atoms with E-state index in [-0.39, 0.29) is 23.5 Å². The van der Waals surface area contributed by atoms with Gasteiger partial charge in [0.2, 0.25) is 5.91 Å². The first-order valence-corrected chi connectivity index (χ1v) is 6.46. The van der Waals surface area contributed by atoms with Crippen molar-refractivity contribution in [1.82, 2.24) is 5.32 Å². The summed E-state index contributed by atoms with van der Waals surface area (Å²) < 4.78 is 13.4. The van der Waals surface area contributed by atoms with Gasteiger partial charge in [0.15, 0.2) is 5.84 Å². The van der Waals surface area contributed by atoms with Gasteiger partial charge in [-0.05, 0) is 24.0 Å². The van der Waals surface area contributed by atoms with E-state index in [0.717, 1.165) is 0 Å². The Morgan fingerprint density at radius 2 is 2.10 bits per heavy atom. The molecule has 0 heterocycles. The number of nitrogens with one attached hydrogen (secondary N) is 1. The predicted octanol–water partition coefficient (Wildman–Crippen LogP) is 1.50. The second kappa shape index (κ2) is 7.47. The maximum atomic E-state index is 13.4. The van der Waals surface area contributed by atoms with Crippen LogP contribution in [-0.4, -0.2) is 23.5 Å². The van der Waals surface area contributed by atoms with Gasteiger partial charge >= 0.3 is 0 Å². The summed E-state index contributed by atoms with van der Waals surface area (Å²) in [6.07, 6.45) is 0.388. The Kier molecular flexibility index (Phi) is 5.96. The number of amidine groups is 1. The van der Waals surface area contributed by atoms with E-state index in [1.807, 2.05) is 0 Å². The molecule has 1 amide bonds. The molecule has 1 unspecified atom stereocenters. The van der Waals surface area contributed by atoms with Crippen molar-refractivity contribution in [3.05, 3.63) is 35.6 Å². The smallest absolute Gasteiger partial charge is 0.231 e. The predicted molar refractivity (Wildman–Crippen MR) is 74.9 cm³/mol. The summed E-state index contributed by atoms with van der Waals surface area (Å²) in [5, 5.41) is 14.2. The van der Waals surface area contributed by atoms with Crippen molar-refractivity contribution in [2.24, 2.45) is 22.7 Å². The Bertz CT molecular complexity index is 489. The number of benzene rings is 1. The zero-order valence-corrected chi connectivity index (χ0v) is 11.6. The molecule has 5 nitrogen and oxygen atoms in total. The lowest BCUT2D eigenvalue weighted by Crippen LogP contribution is -2.42. The summed E-state index contributed by atoms with van der Waals surface area (Å²) in [6, 6.07) is 6.41. The number of hydrogen-bond donors (Lipinski definition) is 3. The molecule has 0 bridgehead atoms. The van der Waals surface area contributed by atoms with Gasteiger partial charge < -0.3 is 16.3 Å². The largest absolute Gasteiger partial charge is 0.409 e. The SMILES string of the molecule is CC(C)C(C(=O)NCCc1ccccc1F)C(N)=NO. The third-order valence-corrected chi connectivity index (χ3v) is 3.03. The van der Waals surface area contributed by atoms with E-state index in [9.17, 15) is 9.18 Å². The minimum atomic E-state index is -0.694. The molecule has 0 aromatic heterocycles. The zero-order valence-electron chi connectivity index (χ0n) is 11.6. The normalized spacial score (nSPS) is 13.3. The summed E-state index contributed by atoms with van der Waals surface area (Å²) in [5.74, 6) is -1.53. The maximum Gasteiger partial charge on any atom is 0.231 e. The molecule has 1 atom stereocenters. The molecule has 1 rings (SSSR count). The standard InChI is InChI=1S/C14H20FN3O2/c1-9(2)12(13(16)18-20)14(19)17-8-7-10-5-3-4-6-11(10)15/h3-6,9,12,20H,7-8H2,1-2H3,(H2,16,18)(H,17,19). The van der Waals surface area contributed by atoms with Crippen LogP contribution in [0, 0.1) is 17.7 Å². The lowest BCUT2D eigenvalue weighted by atomic mass is 9.94. The molecule has 0 fully saturated rings. The summed E-state index contributed by atoms with van der Waals surface area (Å²) in [4.78, 5) is 12.0. The molecule has 20 heavy (non-hydrogen) atoms. The lowest BCUT2D eigenvalue weighted by molar-refractivity contribution is -0.124. The molecule has 0 radical (unpaired) electrons. The van der Waals surface area contributed by atoms with Crippen LogP contribution < -0.4 is 11.1 Å². The van der Waals surface area contributed by atoms with Gasteiger partial charge in [-0.15, -0.1) is 0 Å². The average Bonchev–Trinajstić information content (AvgIpc) is 2.40. The number of oxime groups is 1. The number of carbonyl (C=O) groups excluding carboxylic acids is 1. The van der Waals surface area contributed by atoms with Crippen molar-refractivity contribution in [1.29, 1.82) is 0 Å². The molecule has 0 spiro atoms. The van der Waals surface area contributed by atoms with Gasteiger partial charge in [0.1, 0.15) is 11.7 Å². The third-order valence-electron chi connectivity index (χ3n) is 3.03. The lowest BCUT2D eigenvalue weighted by Gasteiger charge is -2.18. The van der Waals surface area contributed by atoms with E-state index in [2.05, 4.69) is 10.5 Å². The Balaban J connectivity index is 2.56. The molecular weight excluding hydrogens is 261 g/mol. The van der Waals surface area contributed by atoms with Crippen LogP contribution in [0.2, 0.25) is 0 Å². The molecule has 0 aliphatic heterocycles. The first kappa shape index (κ1) is 15.9. The summed E-state index contributed by atoms with van der Waals surface area (Å²) in [7, 11) is 0. The Morgan fingerprint density at radius 3 is 2.65 bits per heavy atom.